The van der Waals surface area contributed by atoms with Gasteiger partial charge in [0.1, 0.15) is 5.75 Å². The number of allylic oxidation sites excluding steroid dienone is 3. The monoisotopic (exact) mass is 312 g/mol. The molecule has 0 saturated carbocycles. The Morgan fingerprint density at radius 3 is 2.35 bits per heavy atom. The number of aromatic hydroxyl groups is 1. The van der Waals surface area contributed by atoms with Crippen LogP contribution in [0.2, 0.25) is 0 Å². The molecule has 0 spiro atoms. The van der Waals surface area contributed by atoms with Gasteiger partial charge in [0.2, 0.25) is 0 Å². The second-order valence-electron chi connectivity index (χ2n) is 5.07. The molecule has 0 radical (unpaired) electrons. The molecule has 0 bridgehead atoms. The highest BCUT2D eigenvalue weighted by Crippen LogP contribution is 2.23. The van der Waals surface area contributed by atoms with Crippen LogP contribution in [0.3, 0.4) is 0 Å². The van der Waals surface area contributed by atoms with Crippen LogP contribution < -0.4 is 0 Å². The number of carbonyl (C=O) groups is 2. The van der Waals surface area contributed by atoms with Crippen LogP contribution in [-0.2, 0) is 9.59 Å². The van der Waals surface area contributed by atoms with E-state index in [0.717, 1.165) is 6.08 Å². The SMILES string of the molecule is O=C(O)/C=C/C1C=CC(O)(C(=O)/C=C/c2ccccc2O)C=C1. The Balaban J connectivity index is 2.09. The predicted octanol–water partition coefficient (Wildman–Crippen LogP) is 2.09. The highest BCUT2D eigenvalue weighted by molar-refractivity contribution is 6.03. The summed E-state index contributed by atoms with van der Waals surface area (Å²) in [6, 6.07) is 6.53. The molecule has 1 aromatic carbocycles. The van der Waals surface area contributed by atoms with Gasteiger partial charge in [-0.3, -0.25) is 4.79 Å². The van der Waals surface area contributed by atoms with Gasteiger partial charge in [-0.05, 0) is 30.4 Å². The molecule has 5 nitrogen and oxygen atoms in total. The van der Waals surface area contributed by atoms with Gasteiger partial charge in [-0.15, -0.1) is 0 Å². The maximum atomic E-state index is 12.1. The first-order valence-electron chi connectivity index (χ1n) is 6.93. The average molecular weight is 312 g/mol. The Morgan fingerprint density at radius 2 is 1.74 bits per heavy atom. The Bertz CT molecular complexity index is 711. The molecule has 118 valence electrons. The number of para-hydroxylation sites is 1. The molecule has 0 unspecified atom stereocenters. The molecule has 23 heavy (non-hydrogen) atoms. The van der Waals surface area contributed by atoms with Crippen molar-refractivity contribution in [1.29, 1.82) is 0 Å². The Kier molecular flexibility index (Phi) is 4.93. The standard InChI is InChI=1S/C18H16O5/c19-15-4-2-1-3-14(15)6-7-16(20)18(23)11-9-13(10-12-18)5-8-17(21)22/h1-13,19,23H,(H,21,22)/b7-6+,8-5+. The lowest BCUT2D eigenvalue weighted by Gasteiger charge is -2.21. The molecule has 0 amide bonds. The van der Waals surface area contributed by atoms with E-state index in [4.69, 9.17) is 5.11 Å². The zero-order valence-corrected chi connectivity index (χ0v) is 12.2. The number of ketones is 1. The molecule has 0 aromatic heterocycles. The van der Waals surface area contributed by atoms with E-state index in [1.54, 1.807) is 30.4 Å². The first-order chi connectivity index (χ1) is 10.9. The fourth-order valence-corrected chi connectivity index (χ4v) is 2.05. The van der Waals surface area contributed by atoms with Gasteiger partial charge in [0.25, 0.3) is 0 Å². The summed E-state index contributed by atoms with van der Waals surface area (Å²) in [5, 5.41) is 28.5. The lowest BCUT2D eigenvalue weighted by Crippen LogP contribution is -2.34. The molecular weight excluding hydrogens is 296 g/mol. The number of rotatable bonds is 5. The van der Waals surface area contributed by atoms with Crippen LogP contribution in [-0.4, -0.2) is 32.7 Å². The third-order valence-electron chi connectivity index (χ3n) is 3.35. The molecule has 1 aromatic rings. The molecule has 0 fully saturated rings. The van der Waals surface area contributed by atoms with Gasteiger partial charge in [-0.25, -0.2) is 4.79 Å². The smallest absolute Gasteiger partial charge is 0.328 e. The first-order valence-corrected chi connectivity index (χ1v) is 6.93. The minimum absolute atomic E-state index is 0.0390. The van der Waals surface area contributed by atoms with E-state index in [2.05, 4.69) is 0 Å². The average Bonchev–Trinajstić information content (AvgIpc) is 2.53. The number of carbonyl (C=O) groups excluding carboxylic acids is 1. The van der Waals surface area contributed by atoms with E-state index in [9.17, 15) is 19.8 Å². The van der Waals surface area contributed by atoms with Crippen molar-refractivity contribution in [2.75, 3.05) is 0 Å². The summed E-state index contributed by atoms with van der Waals surface area (Å²) in [6.45, 7) is 0. The van der Waals surface area contributed by atoms with Gasteiger partial charge in [0.05, 0.1) is 0 Å². The fourth-order valence-electron chi connectivity index (χ4n) is 2.05. The number of aliphatic carboxylic acids is 1. The zero-order valence-electron chi connectivity index (χ0n) is 12.2. The van der Waals surface area contributed by atoms with Gasteiger partial charge in [-0.2, -0.15) is 0 Å². The Morgan fingerprint density at radius 1 is 1.09 bits per heavy atom. The number of hydrogen-bond donors (Lipinski definition) is 3. The Hall–Kier alpha value is -2.92. The van der Waals surface area contributed by atoms with E-state index >= 15 is 0 Å². The maximum absolute atomic E-state index is 12.1. The van der Waals surface area contributed by atoms with E-state index in [1.807, 2.05) is 0 Å². The lowest BCUT2D eigenvalue weighted by molar-refractivity contribution is -0.131. The highest BCUT2D eigenvalue weighted by atomic mass is 16.4. The van der Waals surface area contributed by atoms with Gasteiger partial charge in [0, 0.05) is 17.6 Å². The van der Waals surface area contributed by atoms with Crippen LogP contribution in [0.4, 0.5) is 0 Å². The number of phenolic OH excluding ortho intramolecular Hbond substituents is 1. The molecule has 0 heterocycles. The lowest BCUT2D eigenvalue weighted by atomic mass is 9.88. The second kappa shape index (κ2) is 6.89. The molecular formula is C18H16O5. The van der Waals surface area contributed by atoms with E-state index < -0.39 is 17.4 Å². The molecule has 3 N–H and O–H groups in total. The predicted molar refractivity (Wildman–Crippen MR) is 85.6 cm³/mol. The summed E-state index contributed by atoms with van der Waals surface area (Å²) >= 11 is 0. The number of hydrogen-bond acceptors (Lipinski definition) is 4. The number of carboxylic acids is 1. The second-order valence-corrected chi connectivity index (χ2v) is 5.07. The normalized spacial score (nSPS) is 23.6. The van der Waals surface area contributed by atoms with Crippen molar-refractivity contribution in [2.45, 2.75) is 5.60 Å². The third-order valence-corrected chi connectivity index (χ3v) is 3.35. The van der Waals surface area contributed by atoms with Crippen molar-refractivity contribution >= 4 is 17.8 Å². The van der Waals surface area contributed by atoms with Crippen molar-refractivity contribution in [1.82, 2.24) is 0 Å². The molecule has 2 rings (SSSR count). The van der Waals surface area contributed by atoms with Crippen LogP contribution in [0.25, 0.3) is 6.08 Å². The summed E-state index contributed by atoms with van der Waals surface area (Å²) in [5.74, 6) is -1.87. The number of phenols is 1. The van der Waals surface area contributed by atoms with Gasteiger partial charge >= 0.3 is 5.97 Å². The van der Waals surface area contributed by atoms with Crippen LogP contribution in [0.5, 0.6) is 5.75 Å². The van der Waals surface area contributed by atoms with Gasteiger partial charge in [-0.1, -0.05) is 36.4 Å². The van der Waals surface area contributed by atoms with Crippen molar-refractivity contribution in [3.05, 3.63) is 72.4 Å². The number of carboxylic acid groups (broad SMARTS) is 1. The summed E-state index contributed by atoms with van der Waals surface area (Å²) in [4.78, 5) is 22.6. The minimum atomic E-state index is -1.77. The third kappa shape index (κ3) is 4.28. The Labute approximate surface area is 133 Å². The first kappa shape index (κ1) is 16.5. The van der Waals surface area contributed by atoms with E-state index in [1.165, 1.54) is 36.4 Å². The van der Waals surface area contributed by atoms with E-state index in [-0.39, 0.29) is 11.7 Å². The topological polar surface area (TPSA) is 94.8 Å². The molecule has 0 saturated heterocycles. The molecule has 0 aliphatic heterocycles. The zero-order chi connectivity index (χ0) is 16.9. The van der Waals surface area contributed by atoms with Crippen LogP contribution >= 0.6 is 0 Å². The van der Waals surface area contributed by atoms with Crippen molar-refractivity contribution < 1.29 is 24.9 Å². The summed E-state index contributed by atoms with van der Waals surface area (Å²) in [5.41, 5.74) is -1.30. The summed E-state index contributed by atoms with van der Waals surface area (Å²) in [7, 11) is 0. The molecule has 1 aliphatic rings. The molecule has 5 heteroatoms. The fraction of sp³-hybridized carbons (Fsp3) is 0.111. The van der Waals surface area contributed by atoms with Crippen LogP contribution in [0.1, 0.15) is 5.56 Å². The van der Waals surface area contributed by atoms with Crippen LogP contribution in [0, 0.1) is 5.92 Å². The number of benzene rings is 1. The van der Waals surface area contributed by atoms with E-state index in [0.29, 0.717) is 5.56 Å². The van der Waals surface area contributed by atoms with Crippen molar-refractivity contribution in [2.24, 2.45) is 5.92 Å². The van der Waals surface area contributed by atoms with Crippen LogP contribution in [0.15, 0.2) is 66.8 Å². The molecule has 0 atom stereocenters. The maximum Gasteiger partial charge on any atom is 0.328 e. The minimum Gasteiger partial charge on any atom is -0.507 e. The number of aliphatic hydroxyl groups is 1. The largest absolute Gasteiger partial charge is 0.507 e. The molecule has 1 aliphatic carbocycles. The van der Waals surface area contributed by atoms with Crippen molar-refractivity contribution in [3.8, 4) is 5.75 Å². The van der Waals surface area contributed by atoms with Crippen molar-refractivity contribution in [3.63, 3.8) is 0 Å². The summed E-state index contributed by atoms with van der Waals surface area (Å²) < 4.78 is 0. The van der Waals surface area contributed by atoms with Gasteiger partial charge in [0.15, 0.2) is 11.4 Å². The van der Waals surface area contributed by atoms with Gasteiger partial charge < -0.3 is 15.3 Å². The highest BCUT2D eigenvalue weighted by Gasteiger charge is 2.30. The quantitative estimate of drug-likeness (QED) is 0.571. The summed E-state index contributed by atoms with van der Waals surface area (Å²) in [6.07, 6.45) is 10.8.